The number of carbonyl (C=O) groups is 3. The van der Waals surface area contributed by atoms with Gasteiger partial charge < -0.3 is 19.9 Å². The van der Waals surface area contributed by atoms with Crippen molar-refractivity contribution < 1.29 is 23.5 Å². The summed E-state index contributed by atoms with van der Waals surface area (Å²) in [6.07, 6.45) is -0.979. The molecule has 1 heterocycles. The molecule has 1 aliphatic rings. The van der Waals surface area contributed by atoms with Crippen molar-refractivity contribution in [2.45, 2.75) is 12.1 Å². The molecule has 0 radical (unpaired) electrons. The molecule has 24 heavy (non-hydrogen) atoms. The van der Waals surface area contributed by atoms with E-state index in [1.54, 1.807) is 21.1 Å². The molecular formula is C16H20FN3O4. The standard InChI is InChI=1S/C16H20FN3O4/c1-19(2)12(21)8-18-16(23)15-14(20(3)13(22)9-24-15)10-4-6-11(17)7-5-10/h4-7,14-15H,8-9H2,1-3H3,(H,18,23). The van der Waals surface area contributed by atoms with Crippen molar-refractivity contribution in [1.29, 1.82) is 0 Å². The lowest BCUT2D eigenvalue weighted by atomic mass is 9.97. The molecule has 0 spiro atoms. The van der Waals surface area contributed by atoms with Crippen molar-refractivity contribution in [3.8, 4) is 0 Å². The minimum absolute atomic E-state index is 0.167. The molecule has 3 amide bonds. The Hall–Kier alpha value is -2.48. The number of morpholine rings is 1. The van der Waals surface area contributed by atoms with E-state index in [0.29, 0.717) is 5.56 Å². The summed E-state index contributed by atoms with van der Waals surface area (Å²) in [5.74, 6) is -1.46. The van der Waals surface area contributed by atoms with E-state index in [4.69, 9.17) is 4.74 Å². The summed E-state index contributed by atoms with van der Waals surface area (Å²) in [4.78, 5) is 38.7. The Labute approximate surface area is 139 Å². The number of hydrogen-bond acceptors (Lipinski definition) is 4. The van der Waals surface area contributed by atoms with Gasteiger partial charge in [-0.2, -0.15) is 0 Å². The van der Waals surface area contributed by atoms with Gasteiger partial charge in [0.1, 0.15) is 12.4 Å². The van der Waals surface area contributed by atoms with Crippen LogP contribution in [0.5, 0.6) is 0 Å². The third-order valence-corrected chi connectivity index (χ3v) is 3.87. The number of halogens is 1. The molecule has 0 bridgehead atoms. The normalized spacial score (nSPS) is 20.7. The number of nitrogens with one attached hydrogen (secondary N) is 1. The molecular weight excluding hydrogens is 317 g/mol. The van der Waals surface area contributed by atoms with E-state index in [1.807, 2.05) is 0 Å². The van der Waals surface area contributed by atoms with Crippen molar-refractivity contribution >= 4 is 17.7 Å². The van der Waals surface area contributed by atoms with E-state index >= 15 is 0 Å². The molecule has 1 saturated heterocycles. The molecule has 2 atom stereocenters. The van der Waals surface area contributed by atoms with Gasteiger partial charge in [-0.1, -0.05) is 12.1 Å². The van der Waals surface area contributed by atoms with Gasteiger partial charge in [0.2, 0.25) is 11.8 Å². The van der Waals surface area contributed by atoms with Gasteiger partial charge in [-0.15, -0.1) is 0 Å². The second kappa shape index (κ2) is 7.39. The average Bonchev–Trinajstić information content (AvgIpc) is 2.55. The van der Waals surface area contributed by atoms with E-state index in [0.717, 1.165) is 0 Å². The minimum atomic E-state index is -0.979. The Kier molecular flexibility index (Phi) is 5.50. The molecule has 0 aromatic heterocycles. The molecule has 1 aliphatic heterocycles. The molecule has 1 N–H and O–H groups in total. The summed E-state index contributed by atoms with van der Waals surface area (Å²) in [5.41, 5.74) is 0.575. The minimum Gasteiger partial charge on any atom is -0.356 e. The molecule has 130 valence electrons. The van der Waals surface area contributed by atoms with E-state index in [1.165, 1.54) is 34.1 Å². The van der Waals surface area contributed by atoms with E-state index < -0.39 is 23.9 Å². The first kappa shape index (κ1) is 17.9. The van der Waals surface area contributed by atoms with Gasteiger partial charge >= 0.3 is 0 Å². The van der Waals surface area contributed by atoms with Crippen molar-refractivity contribution in [2.24, 2.45) is 0 Å². The number of rotatable bonds is 4. The summed E-state index contributed by atoms with van der Waals surface area (Å²) in [6, 6.07) is 4.83. The molecule has 0 aliphatic carbocycles. The Bertz CT molecular complexity index is 633. The maximum atomic E-state index is 13.1. The predicted octanol–water partition coefficient (Wildman–Crippen LogP) is -0.0716. The van der Waals surface area contributed by atoms with Crippen LogP contribution in [0.25, 0.3) is 0 Å². The van der Waals surface area contributed by atoms with Gasteiger partial charge in [0.25, 0.3) is 5.91 Å². The number of likely N-dealkylation sites (N-methyl/N-ethyl adjacent to an activating group) is 2. The van der Waals surface area contributed by atoms with Gasteiger partial charge in [0.15, 0.2) is 6.10 Å². The average molecular weight is 337 g/mol. The first-order valence-electron chi connectivity index (χ1n) is 7.42. The van der Waals surface area contributed by atoms with Crippen LogP contribution in [-0.4, -0.2) is 67.9 Å². The first-order valence-corrected chi connectivity index (χ1v) is 7.42. The first-order chi connectivity index (χ1) is 11.3. The van der Waals surface area contributed by atoms with Crippen LogP contribution in [0.4, 0.5) is 4.39 Å². The Morgan fingerprint density at radius 2 is 1.96 bits per heavy atom. The van der Waals surface area contributed by atoms with Gasteiger partial charge in [0, 0.05) is 21.1 Å². The van der Waals surface area contributed by atoms with Gasteiger partial charge in [0.05, 0.1) is 12.6 Å². The fourth-order valence-corrected chi connectivity index (χ4v) is 2.41. The lowest BCUT2D eigenvalue weighted by Crippen LogP contribution is -2.53. The molecule has 0 saturated carbocycles. The molecule has 1 aromatic rings. The Morgan fingerprint density at radius 3 is 2.54 bits per heavy atom. The lowest BCUT2D eigenvalue weighted by Gasteiger charge is -2.38. The van der Waals surface area contributed by atoms with Gasteiger partial charge in [-0.3, -0.25) is 14.4 Å². The fraction of sp³-hybridized carbons (Fsp3) is 0.438. The highest BCUT2D eigenvalue weighted by Crippen LogP contribution is 2.29. The molecule has 8 heteroatoms. The summed E-state index contributed by atoms with van der Waals surface area (Å²) < 4.78 is 18.5. The zero-order chi connectivity index (χ0) is 17.9. The van der Waals surface area contributed by atoms with Gasteiger partial charge in [-0.05, 0) is 17.7 Å². The highest BCUT2D eigenvalue weighted by Gasteiger charge is 2.40. The van der Waals surface area contributed by atoms with E-state index in [2.05, 4.69) is 5.32 Å². The van der Waals surface area contributed by atoms with E-state index in [-0.39, 0.29) is 25.0 Å². The highest BCUT2D eigenvalue weighted by atomic mass is 19.1. The predicted molar refractivity (Wildman–Crippen MR) is 83.4 cm³/mol. The monoisotopic (exact) mass is 337 g/mol. The van der Waals surface area contributed by atoms with Crippen molar-refractivity contribution in [2.75, 3.05) is 34.3 Å². The quantitative estimate of drug-likeness (QED) is 0.834. The van der Waals surface area contributed by atoms with Crippen LogP contribution in [0.1, 0.15) is 11.6 Å². The van der Waals surface area contributed by atoms with Crippen LogP contribution in [-0.2, 0) is 19.1 Å². The third-order valence-electron chi connectivity index (χ3n) is 3.87. The summed E-state index contributed by atoms with van der Waals surface area (Å²) in [7, 11) is 4.73. The number of ether oxygens (including phenoxy) is 1. The number of amides is 3. The van der Waals surface area contributed by atoms with Crippen molar-refractivity contribution in [3.05, 3.63) is 35.6 Å². The van der Waals surface area contributed by atoms with Crippen LogP contribution >= 0.6 is 0 Å². The van der Waals surface area contributed by atoms with Crippen LogP contribution < -0.4 is 5.32 Å². The fourth-order valence-electron chi connectivity index (χ4n) is 2.41. The second-order valence-electron chi connectivity index (χ2n) is 5.74. The molecule has 1 fully saturated rings. The molecule has 2 rings (SSSR count). The molecule has 7 nitrogen and oxygen atoms in total. The Balaban J connectivity index is 2.18. The van der Waals surface area contributed by atoms with Crippen LogP contribution in [0, 0.1) is 5.82 Å². The summed E-state index contributed by atoms with van der Waals surface area (Å²) in [6.45, 7) is -0.395. The lowest BCUT2D eigenvalue weighted by molar-refractivity contribution is -0.162. The van der Waals surface area contributed by atoms with Crippen LogP contribution in [0.3, 0.4) is 0 Å². The molecule has 1 aromatic carbocycles. The maximum absolute atomic E-state index is 13.1. The zero-order valence-corrected chi connectivity index (χ0v) is 13.8. The Morgan fingerprint density at radius 1 is 1.33 bits per heavy atom. The number of hydrogen-bond donors (Lipinski definition) is 1. The van der Waals surface area contributed by atoms with Gasteiger partial charge in [-0.25, -0.2) is 4.39 Å². The second-order valence-corrected chi connectivity index (χ2v) is 5.74. The SMILES string of the molecule is CN(C)C(=O)CNC(=O)C1OCC(=O)N(C)C1c1ccc(F)cc1. The number of benzene rings is 1. The number of nitrogens with zero attached hydrogens (tertiary/aromatic N) is 2. The highest BCUT2D eigenvalue weighted by molar-refractivity contribution is 5.89. The summed E-state index contributed by atoms with van der Waals surface area (Å²) in [5, 5.41) is 2.51. The largest absolute Gasteiger partial charge is 0.356 e. The van der Waals surface area contributed by atoms with E-state index in [9.17, 15) is 18.8 Å². The number of carbonyl (C=O) groups excluding carboxylic acids is 3. The van der Waals surface area contributed by atoms with Crippen molar-refractivity contribution in [1.82, 2.24) is 15.1 Å². The topological polar surface area (TPSA) is 79.0 Å². The maximum Gasteiger partial charge on any atom is 0.252 e. The summed E-state index contributed by atoms with van der Waals surface area (Å²) >= 11 is 0. The zero-order valence-electron chi connectivity index (χ0n) is 13.8. The van der Waals surface area contributed by atoms with Crippen LogP contribution in [0.2, 0.25) is 0 Å². The molecule has 2 unspecified atom stereocenters. The smallest absolute Gasteiger partial charge is 0.252 e. The third kappa shape index (κ3) is 3.88. The van der Waals surface area contributed by atoms with Crippen molar-refractivity contribution in [3.63, 3.8) is 0 Å². The van der Waals surface area contributed by atoms with Crippen LogP contribution in [0.15, 0.2) is 24.3 Å².